The Morgan fingerprint density at radius 3 is 1.17 bits per heavy atom. The molecule has 0 fully saturated rings. The molecule has 3 heteroatoms. The summed E-state index contributed by atoms with van der Waals surface area (Å²) in [5, 5.41) is 0. The van der Waals surface area contributed by atoms with Crippen LogP contribution in [0.15, 0.2) is 60.7 Å². The highest BCUT2D eigenvalue weighted by molar-refractivity contribution is 6.49. The van der Waals surface area contributed by atoms with E-state index in [2.05, 4.69) is 0 Å². The van der Waals surface area contributed by atoms with Gasteiger partial charge in [-0.25, -0.2) is 0 Å². The normalized spacial score (nSPS) is 10.2. The van der Waals surface area contributed by atoms with Gasteiger partial charge in [0.05, 0.1) is 12.2 Å². The summed E-state index contributed by atoms with van der Waals surface area (Å²) < 4.78 is 5.25. The van der Waals surface area contributed by atoms with Crippen LogP contribution in [0.2, 0.25) is 0 Å². The third kappa shape index (κ3) is 7.02. The van der Waals surface area contributed by atoms with Gasteiger partial charge in [-0.05, 0) is 27.7 Å². The fourth-order valence-corrected chi connectivity index (χ4v) is 1.99. The van der Waals surface area contributed by atoms with Crippen LogP contribution >= 0.6 is 0 Å². The molecule has 0 radical (unpaired) electrons. The summed E-state index contributed by atoms with van der Waals surface area (Å²) in [6.07, 6.45) is 0.750. The van der Waals surface area contributed by atoms with Crippen LogP contribution in [-0.4, -0.2) is 23.8 Å². The van der Waals surface area contributed by atoms with Crippen molar-refractivity contribution in [2.75, 3.05) is 0 Å². The maximum Gasteiger partial charge on any atom is 0.233 e. The molecule has 23 heavy (non-hydrogen) atoms. The lowest BCUT2D eigenvalue weighted by molar-refractivity contribution is 0.0300. The maximum atomic E-state index is 11.8. The molecule has 0 aliphatic rings. The Kier molecular flexibility index (Phi) is 7.92. The highest BCUT2D eigenvalue weighted by atomic mass is 16.5. The maximum absolute atomic E-state index is 11.8. The molecule has 0 spiro atoms. The predicted octanol–water partition coefficient (Wildman–Crippen LogP) is 4.57. The molecule has 122 valence electrons. The van der Waals surface area contributed by atoms with Crippen LogP contribution < -0.4 is 0 Å². The van der Waals surface area contributed by atoms with E-state index >= 15 is 0 Å². The summed E-state index contributed by atoms with van der Waals surface area (Å²) in [6.45, 7) is 8.17. The van der Waals surface area contributed by atoms with E-state index in [1.807, 2.05) is 39.8 Å². The van der Waals surface area contributed by atoms with E-state index in [0.29, 0.717) is 23.3 Å². The Hall–Kier alpha value is -2.26. The summed E-state index contributed by atoms with van der Waals surface area (Å²) in [7, 11) is 0. The number of ketones is 2. The molecule has 0 aliphatic heterocycles. The second-order valence-corrected chi connectivity index (χ2v) is 5.62. The van der Waals surface area contributed by atoms with Crippen LogP contribution in [0.4, 0.5) is 0 Å². The van der Waals surface area contributed by atoms with Crippen LogP contribution in [0.1, 0.15) is 48.4 Å². The molecule has 0 saturated heterocycles. The van der Waals surface area contributed by atoms with Gasteiger partial charge in [-0.2, -0.15) is 0 Å². The van der Waals surface area contributed by atoms with Crippen molar-refractivity contribution < 1.29 is 14.3 Å². The molecule has 0 N–H and O–H groups in total. The summed E-state index contributed by atoms with van der Waals surface area (Å²) in [4.78, 5) is 23.6. The van der Waals surface area contributed by atoms with Crippen LogP contribution in [0, 0.1) is 0 Å². The van der Waals surface area contributed by atoms with E-state index < -0.39 is 11.6 Å². The number of benzene rings is 2. The largest absolute Gasteiger partial charge is 0.376 e. The molecule has 0 saturated carbocycles. The fraction of sp³-hybridized carbons (Fsp3) is 0.300. The molecule has 0 aliphatic carbocycles. The zero-order valence-corrected chi connectivity index (χ0v) is 14.2. The fourth-order valence-electron chi connectivity index (χ4n) is 1.99. The van der Waals surface area contributed by atoms with Gasteiger partial charge in [0.1, 0.15) is 0 Å². The van der Waals surface area contributed by atoms with Crippen molar-refractivity contribution in [3.05, 3.63) is 71.8 Å². The third-order valence-electron chi connectivity index (χ3n) is 2.82. The molecule has 2 aromatic rings. The molecule has 2 rings (SSSR count). The van der Waals surface area contributed by atoms with Gasteiger partial charge in [0.15, 0.2) is 0 Å². The minimum absolute atomic E-state index is 0.375. The first kappa shape index (κ1) is 18.8. The first-order valence-electron chi connectivity index (χ1n) is 7.76. The van der Waals surface area contributed by atoms with Gasteiger partial charge in [0, 0.05) is 11.1 Å². The number of rotatable bonds is 5. The van der Waals surface area contributed by atoms with Gasteiger partial charge in [0.2, 0.25) is 11.6 Å². The van der Waals surface area contributed by atoms with Crippen molar-refractivity contribution in [3.63, 3.8) is 0 Å². The lowest BCUT2D eigenvalue weighted by Gasteiger charge is -2.09. The van der Waals surface area contributed by atoms with Crippen LogP contribution in [0.5, 0.6) is 0 Å². The average Bonchev–Trinajstić information content (AvgIpc) is 2.54. The Morgan fingerprint density at radius 2 is 0.957 bits per heavy atom. The number of Topliss-reactive ketones (excluding diaryl/α,β-unsaturated/α-hetero) is 2. The summed E-state index contributed by atoms with van der Waals surface area (Å²) in [5.74, 6) is -0.932. The van der Waals surface area contributed by atoms with Gasteiger partial charge in [-0.3, -0.25) is 9.59 Å². The number of ether oxygens (including phenoxy) is 1. The molecular weight excluding hydrogens is 288 g/mol. The van der Waals surface area contributed by atoms with Crippen LogP contribution in [0.25, 0.3) is 0 Å². The molecule has 3 nitrogen and oxygen atoms in total. The van der Waals surface area contributed by atoms with Crippen molar-refractivity contribution in [2.45, 2.75) is 39.9 Å². The van der Waals surface area contributed by atoms with Crippen molar-refractivity contribution in [2.24, 2.45) is 0 Å². The van der Waals surface area contributed by atoms with Crippen molar-refractivity contribution in [1.29, 1.82) is 0 Å². The van der Waals surface area contributed by atoms with E-state index in [9.17, 15) is 9.59 Å². The Balaban J connectivity index is 0.000000322. The Labute approximate surface area is 138 Å². The van der Waals surface area contributed by atoms with Gasteiger partial charge >= 0.3 is 0 Å². The molecule has 0 atom stereocenters. The van der Waals surface area contributed by atoms with Crippen molar-refractivity contribution in [3.8, 4) is 0 Å². The predicted molar refractivity (Wildman–Crippen MR) is 92.9 cm³/mol. The average molecular weight is 312 g/mol. The molecule has 0 aromatic heterocycles. The van der Waals surface area contributed by atoms with Crippen molar-refractivity contribution in [1.82, 2.24) is 0 Å². The van der Waals surface area contributed by atoms with E-state index in [0.717, 1.165) is 0 Å². The quantitative estimate of drug-likeness (QED) is 0.600. The molecule has 0 bridgehead atoms. The Morgan fingerprint density at radius 1 is 0.652 bits per heavy atom. The van der Waals surface area contributed by atoms with E-state index in [1.165, 1.54) is 0 Å². The second kappa shape index (κ2) is 9.70. The smallest absolute Gasteiger partial charge is 0.233 e. The highest BCUT2D eigenvalue weighted by Crippen LogP contribution is 2.07. The van der Waals surface area contributed by atoms with E-state index in [4.69, 9.17) is 4.74 Å². The minimum atomic E-state index is -0.466. The zero-order chi connectivity index (χ0) is 17.2. The highest BCUT2D eigenvalue weighted by Gasteiger charge is 2.16. The van der Waals surface area contributed by atoms with Crippen LogP contribution in [-0.2, 0) is 4.74 Å². The topological polar surface area (TPSA) is 43.4 Å². The van der Waals surface area contributed by atoms with Gasteiger partial charge < -0.3 is 4.74 Å². The number of carbonyl (C=O) groups excluding carboxylic acids is 2. The standard InChI is InChI=1S/C14H10O2.C6H14O/c15-13(11-7-3-1-4-8-11)14(16)12-9-5-2-6-10-12;1-5(2)7-6(3)4/h1-10H;5-6H,1-4H3. The summed E-state index contributed by atoms with van der Waals surface area (Å²) in [5.41, 5.74) is 0.854. The molecule has 2 aromatic carbocycles. The van der Waals surface area contributed by atoms with Gasteiger partial charge in [-0.15, -0.1) is 0 Å². The molecule has 0 heterocycles. The first-order chi connectivity index (χ1) is 10.9. The van der Waals surface area contributed by atoms with Crippen molar-refractivity contribution >= 4 is 11.6 Å². The molecule has 0 amide bonds. The van der Waals surface area contributed by atoms with Crippen LogP contribution in [0.3, 0.4) is 0 Å². The van der Waals surface area contributed by atoms with E-state index in [-0.39, 0.29) is 0 Å². The van der Waals surface area contributed by atoms with E-state index in [1.54, 1.807) is 48.5 Å². The second-order valence-electron chi connectivity index (χ2n) is 5.62. The van der Waals surface area contributed by atoms with Gasteiger partial charge in [-0.1, -0.05) is 60.7 Å². The summed E-state index contributed by atoms with van der Waals surface area (Å²) >= 11 is 0. The summed E-state index contributed by atoms with van der Waals surface area (Å²) in [6, 6.07) is 17.2. The third-order valence-corrected chi connectivity index (χ3v) is 2.82. The van der Waals surface area contributed by atoms with Gasteiger partial charge in [0.25, 0.3) is 0 Å². The number of hydrogen-bond donors (Lipinski definition) is 0. The monoisotopic (exact) mass is 312 g/mol. The SMILES string of the molecule is CC(C)OC(C)C.O=C(C(=O)c1ccccc1)c1ccccc1. The Bertz CT molecular complexity index is 546. The lowest BCUT2D eigenvalue weighted by atomic mass is 10.0. The first-order valence-corrected chi connectivity index (χ1v) is 7.76. The zero-order valence-electron chi connectivity index (χ0n) is 14.2. The molecular formula is C20H24O3. The number of carbonyl (C=O) groups is 2. The molecule has 0 unspecified atom stereocenters. The minimum Gasteiger partial charge on any atom is -0.376 e. The number of hydrogen-bond acceptors (Lipinski definition) is 3. The lowest BCUT2D eigenvalue weighted by Crippen LogP contribution is -2.14.